The van der Waals surface area contributed by atoms with Crippen LogP contribution in [0, 0.1) is 20.8 Å². The molecule has 0 spiro atoms. The number of anilines is 9. The van der Waals surface area contributed by atoms with Crippen molar-refractivity contribution in [3.05, 3.63) is 451 Å². The lowest BCUT2D eigenvalue weighted by atomic mass is 9.72. The number of fused-ring (bicyclic) bond motifs is 14. The van der Waals surface area contributed by atoms with Crippen LogP contribution in [-0.2, 0) is 45.8 Å². The van der Waals surface area contributed by atoms with E-state index in [9.17, 15) is 25.3 Å². The topological polar surface area (TPSA) is 199 Å². The van der Waals surface area contributed by atoms with Crippen LogP contribution in [0.5, 0.6) is 0 Å². The molecule has 0 saturated carbocycles. The number of rotatable bonds is 13. The Labute approximate surface area is 801 Å². The molecule has 0 fully saturated rings. The maximum atomic E-state index is 13.5. The van der Waals surface area contributed by atoms with Crippen molar-refractivity contribution in [2.45, 2.75) is 108 Å². The number of para-hydroxylation sites is 4. The molecule has 0 saturated heterocycles. The highest BCUT2D eigenvalue weighted by atomic mass is 32.2. The van der Waals surface area contributed by atoms with Gasteiger partial charge in [0, 0.05) is 78.9 Å². The summed E-state index contributed by atoms with van der Waals surface area (Å²) in [4.78, 5) is 35.4. The number of sulfone groups is 3. The lowest BCUT2D eigenvalue weighted by molar-refractivity contribution is 0.590. The molecule has 20 heteroatoms. The van der Waals surface area contributed by atoms with Crippen LogP contribution >= 0.6 is 0 Å². The molecule has 674 valence electrons. The van der Waals surface area contributed by atoms with Crippen molar-refractivity contribution in [3.63, 3.8) is 0 Å². The molecule has 13 aromatic carbocycles. The highest BCUT2D eigenvalue weighted by molar-refractivity contribution is 7.92. The van der Waals surface area contributed by atoms with Crippen LogP contribution in [-0.4, -0.2) is 64.3 Å². The van der Waals surface area contributed by atoms with Gasteiger partial charge in [-0.25, -0.2) is 45.2 Å². The highest BCUT2D eigenvalue weighted by Gasteiger charge is 2.43. The summed E-state index contributed by atoms with van der Waals surface area (Å²) in [6, 6.07) is 125. The molecule has 0 aliphatic carbocycles. The van der Waals surface area contributed by atoms with E-state index in [0.29, 0.717) is 17.1 Å². The molecule has 0 atom stereocenters. The van der Waals surface area contributed by atoms with E-state index in [1.54, 1.807) is 116 Å². The number of hydrogen-bond donors (Lipinski definition) is 0. The first-order valence-electron chi connectivity index (χ1n) is 45.9. The summed E-state index contributed by atoms with van der Waals surface area (Å²) in [6.45, 7) is 19.2. The number of pyridine rings is 6. The standard InChI is InChI=1S/C43H33N3O2S.C38H30N4O2S.C37H30N4O2S/c1-28-36(25-26-41(44-28)49(47,48)31-14-5-4-6-15-31)46-38-20-12-10-18-34(38)43(2,3)35-27-30(22-24-39(35)46)45-37-19-11-9-17-33(37)42-32-16-8-7-13-29(32)21-23-40(42)45;1-25-32(21-22-36(40-25)45(43,44)27-12-5-4-6-13-27)42-34-18-10-8-16-30(34)38(2,3)31-24-26(19-20-35(31)42)41-33-17-9-7-14-28(33)29-15-11-23-39-37(29)41;1-25-33(19-20-36(40-25)44(42,43)28-11-5-4-6-12-28)41-34-17-15-26(31-13-7-9-21-38-31)23-29(34)37(2,3)30-24-27(16-18-35(30)41)32-14-8-10-22-39-32/h4-27H,1-3H3;4-24H,1-3H3;4-24H,1-3H3. The fraction of sp³-hybridized carbons (Fsp3) is 0.102. The van der Waals surface area contributed by atoms with E-state index < -0.39 is 29.5 Å². The first-order chi connectivity index (χ1) is 66.8. The molecule has 8 aromatic heterocycles. The minimum absolute atomic E-state index is 0.0266. The molecule has 3 aliphatic rings. The zero-order chi connectivity index (χ0) is 94.9. The van der Waals surface area contributed by atoms with E-state index in [-0.39, 0.29) is 46.0 Å². The van der Waals surface area contributed by atoms with Crippen LogP contribution in [0.25, 0.3) is 88.4 Å². The van der Waals surface area contributed by atoms with Crippen LogP contribution < -0.4 is 14.7 Å². The van der Waals surface area contributed by atoms with Gasteiger partial charge in [0.15, 0.2) is 15.1 Å². The molecule has 138 heavy (non-hydrogen) atoms. The van der Waals surface area contributed by atoms with E-state index >= 15 is 0 Å². The molecule has 0 bridgehead atoms. The molecule has 0 amide bonds. The Balaban J connectivity index is 0.000000120. The average molecular weight is 1860 g/mol. The normalized spacial score (nSPS) is 13.8. The molecule has 17 nitrogen and oxygen atoms in total. The van der Waals surface area contributed by atoms with E-state index in [4.69, 9.17) is 9.97 Å². The molecule has 0 N–H and O–H groups in total. The number of benzene rings is 13. The summed E-state index contributed by atoms with van der Waals surface area (Å²) in [5.41, 5.74) is 26.8. The third-order valence-electron chi connectivity index (χ3n) is 27.5. The third-order valence-corrected chi connectivity index (χ3v) is 32.5. The lowest BCUT2D eigenvalue weighted by Crippen LogP contribution is -2.31. The van der Waals surface area contributed by atoms with Gasteiger partial charge in [-0.15, -0.1) is 0 Å². The Morgan fingerprint density at radius 3 is 1.03 bits per heavy atom. The van der Waals surface area contributed by atoms with Gasteiger partial charge in [-0.3, -0.25) is 14.5 Å². The van der Waals surface area contributed by atoms with E-state index in [2.05, 4.69) is 292 Å². The summed E-state index contributed by atoms with van der Waals surface area (Å²) in [7, 11) is -11.3. The number of nitrogens with zero attached hydrogens (tertiary/aromatic N) is 11. The van der Waals surface area contributed by atoms with Gasteiger partial charge in [0.1, 0.15) is 5.65 Å². The number of aryl methyl sites for hydroxylation is 3. The fourth-order valence-corrected chi connectivity index (χ4v) is 24.3. The zero-order valence-corrected chi connectivity index (χ0v) is 79.6. The van der Waals surface area contributed by atoms with Gasteiger partial charge in [0.05, 0.1) is 111 Å². The summed E-state index contributed by atoms with van der Waals surface area (Å²) >= 11 is 0. The van der Waals surface area contributed by atoms with Crippen molar-refractivity contribution in [1.82, 2.24) is 39.0 Å². The van der Waals surface area contributed by atoms with Gasteiger partial charge in [-0.1, -0.05) is 224 Å². The van der Waals surface area contributed by atoms with Gasteiger partial charge < -0.3 is 19.3 Å². The van der Waals surface area contributed by atoms with Gasteiger partial charge >= 0.3 is 0 Å². The van der Waals surface area contributed by atoms with Gasteiger partial charge in [-0.2, -0.15) is 0 Å². The molecule has 3 aliphatic heterocycles. The van der Waals surface area contributed by atoms with E-state index in [0.717, 1.165) is 129 Å². The summed E-state index contributed by atoms with van der Waals surface area (Å²) in [5.74, 6) is 0. The lowest BCUT2D eigenvalue weighted by Gasteiger charge is -2.42. The predicted molar refractivity (Wildman–Crippen MR) is 553 cm³/mol. The molecular weight excluding hydrogens is 1760 g/mol. The van der Waals surface area contributed by atoms with E-state index in [1.165, 1.54) is 43.8 Å². The second-order valence-corrected chi connectivity index (χ2v) is 42.4. The minimum atomic E-state index is -3.76. The second kappa shape index (κ2) is 33.7. The van der Waals surface area contributed by atoms with Crippen LogP contribution in [0.1, 0.15) is 92.0 Å². The SMILES string of the molecule is Cc1nc(S(=O)(=O)c2ccccc2)ccc1N1c2ccc(-c3ccccn3)cc2C(C)(C)c2cc(-c3ccccn3)ccc21.Cc1nc(S(=O)(=O)c2ccccc2)ccc1N1c2ccccc2C(C)(C)c2cc(-n3c4ccccc4c4c5ccccc5ccc43)ccc21.Cc1nc(S(=O)(=O)c2ccccc2)ccc1N1c2ccccc2C(C)(C)c2cc(-n3c4ccccc4c4cccnc43)ccc21. The smallest absolute Gasteiger partial charge is 0.223 e. The number of aromatic nitrogens is 8. The fourth-order valence-electron chi connectivity index (χ4n) is 20.5. The highest BCUT2D eigenvalue weighted by Crippen LogP contribution is 2.58. The maximum absolute atomic E-state index is 13.5. The van der Waals surface area contributed by atoms with Gasteiger partial charge in [0.25, 0.3) is 0 Å². The minimum Gasteiger partial charge on any atom is -0.309 e. The molecule has 0 unspecified atom stereocenters. The largest absolute Gasteiger partial charge is 0.309 e. The Bertz CT molecular complexity index is 8720. The molecule has 21 aromatic rings. The Morgan fingerprint density at radius 1 is 0.246 bits per heavy atom. The Hall–Kier alpha value is -16.1. The zero-order valence-electron chi connectivity index (χ0n) is 77.2. The van der Waals surface area contributed by atoms with Crippen molar-refractivity contribution < 1.29 is 25.3 Å². The molecule has 24 rings (SSSR count). The molecular formula is C118H93N11O6S3. The van der Waals surface area contributed by atoms with Gasteiger partial charge in [-0.05, 0) is 265 Å². The Morgan fingerprint density at radius 2 is 0.587 bits per heavy atom. The summed E-state index contributed by atoms with van der Waals surface area (Å²) in [5, 5.41) is 7.34. The van der Waals surface area contributed by atoms with Crippen molar-refractivity contribution in [1.29, 1.82) is 0 Å². The van der Waals surface area contributed by atoms with Crippen molar-refractivity contribution in [2.24, 2.45) is 0 Å². The van der Waals surface area contributed by atoms with E-state index in [1.807, 2.05) is 99.8 Å². The average Bonchev–Trinajstić information content (AvgIpc) is 1.27. The van der Waals surface area contributed by atoms with Crippen LogP contribution in [0.15, 0.2) is 431 Å². The monoisotopic (exact) mass is 1860 g/mol. The van der Waals surface area contributed by atoms with Crippen LogP contribution in [0.3, 0.4) is 0 Å². The quantitative estimate of drug-likeness (QED) is 0.105. The van der Waals surface area contributed by atoms with Crippen molar-refractivity contribution in [2.75, 3.05) is 14.7 Å². The van der Waals surface area contributed by atoms with Crippen LogP contribution in [0.2, 0.25) is 0 Å². The first-order valence-corrected chi connectivity index (χ1v) is 50.3. The summed E-state index contributed by atoms with van der Waals surface area (Å²) < 4.78 is 85.2. The Kier molecular flexibility index (Phi) is 21.3. The molecule has 0 radical (unpaired) electrons. The third kappa shape index (κ3) is 14.5. The number of hydrogen-bond acceptors (Lipinski definition) is 15. The predicted octanol–water partition coefficient (Wildman–Crippen LogP) is 27.9. The van der Waals surface area contributed by atoms with Crippen molar-refractivity contribution >= 4 is 135 Å². The molecule has 11 heterocycles. The first kappa shape index (κ1) is 87.2. The van der Waals surface area contributed by atoms with Crippen molar-refractivity contribution in [3.8, 4) is 33.9 Å². The summed E-state index contributed by atoms with van der Waals surface area (Å²) in [6.07, 6.45) is 5.46. The van der Waals surface area contributed by atoms with Crippen LogP contribution in [0.4, 0.5) is 51.2 Å². The maximum Gasteiger partial charge on any atom is 0.223 e. The van der Waals surface area contributed by atoms with Gasteiger partial charge in [0.2, 0.25) is 29.5 Å². The second-order valence-electron chi connectivity index (χ2n) is 36.7.